The summed E-state index contributed by atoms with van der Waals surface area (Å²) in [6.45, 7) is 9.24. The topological polar surface area (TPSA) is 35.2 Å². The predicted octanol–water partition coefficient (Wildman–Crippen LogP) is 3.83. The first kappa shape index (κ1) is 14.0. The van der Waals surface area contributed by atoms with E-state index in [1.165, 1.54) is 5.56 Å². The van der Waals surface area contributed by atoms with Gasteiger partial charge >= 0.3 is 0 Å². The summed E-state index contributed by atoms with van der Waals surface area (Å²) in [5, 5.41) is 0. The third-order valence-electron chi connectivity index (χ3n) is 2.92. The van der Waals surface area contributed by atoms with Crippen molar-refractivity contribution in [3.63, 3.8) is 0 Å². The molecule has 0 fully saturated rings. The Balaban J connectivity index is 2.81. The van der Waals surface area contributed by atoms with Crippen LogP contribution in [-0.2, 0) is 0 Å². The minimum Gasteiger partial charge on any atom is -0.494 e. The molecule has 1 unspecified atom stereocenters. The van der Waals surface area contributed by atoms with E-state index in [4.69, 9.17) is 10.5 Å². The van der Waals surface area contributed by atoms with Crippen LogP contribution in [0.15, 0.2) is 18.2 Å². The van der Waals surface area contributed by atoms with E-state index in [0.29, 0.717) is 12.5 Å². The summed E-state index contributed by atoms with van der Waals surface area (Å²) in [6, 6.07) is 6.34. The van der Waals surface area contributed by atoms with E-state index in [1.807, 2.05) is 13.0 Å². The van der Waals surface area contributed by atoms with E-state index < -0.39 is 0 Å². The lowest BCUT2D eigenvalue weighted by Crippen LogP contribution is -2.13. The lowest BCUT2D eigenvalue weighted by molar-refractivity contribution is 0.332. The Morgan fingerprint density at radius 3 is 2.53 bits per heavy atom. The Bertz CT molecular complexity index is 347. The number of rotatable bonds is 6. The Morgan fingerprint density at radius 2 is 1.94 bits per heavy atom. The number of ether oxygens (including phenoxy) is 1. The molecule has 0 spiro atoms. The molecule has 1 rings (SSSR count). The molecule has 0 radical (unpaired) electrons. The molecule has 0 aliphatic heterocycles. The molecule has 0 amide bonds. The molecule has 0 heterocycles. The third kappa shape index (κ3) is 4.39. The van der Waals surface area contributed by atoms with E-state index in [9.17, 15) is 0 Å². The van der Waals surface area contributed by atoms with Crippen LogP contribution in [0, 0.1) is 12.8 Å². The highest BCUT2D eigenvalue weighted by atomic mass is 16.5. The second-order valence-electron chi connectivity index (χ2n) is 5.05. The number of hydrogen-bond acceptors (Lipinski definition) is 2. The minimum absolute atomic E-state index is 0.0823. The van der Waals surface area contributed by atoms with Crippen molar-refractivity contribution in [2.24, 2.45) is 11.7 Å². The zero-order valence-electron chi connectivity index (χ0n) is 11.5. The molecule has 2 heteroatoms. The summed E-state index contributed by atoms with van der Waals surface area (Å²) in [5.41, 5.74) is 8.65. The molecule has 0 bridgehead atoms. The molecule has 0 aromatic heterocycles. The van der Waals surface area contributed by atoms with Gasteiger partial charge in [-0.1, -0.05) is 31.5 Å². The van der Waals surface area contributed by atoms with Gasteiger partial charge in [-0.05, 0) is 38.7 Å². The maximum atomic E-state index is 6.26. The summed E-state index contributed by atoms with van der Waals surface area (Å²) in [5.74, 6) is 1.63. The smallest absolute Gasteiger partial charge is 0.124 e. The van der Waals surface area contributed by atoms with Gasteiger partial charge in [0.1, 0.15) is 5.75 Å². The van der Waals surface area contributed by atoms with Gasteiger partial charge in [0.05, 0.1) is 6.61 Å². The maximum absolute atomic E-state index is 6.26. The molecule has 1 aromatic rings. The van der Waals surface area contributed by atoms with Crippen molar-refractivity contribution in [3.8, 4) is 5.75 Å². The van der Waals surface area contributed by atoms with Crippen LogP contribution in [0.25, 0.3) is 0 Å². The molecular weight excluding hydrogens is 210 g/mol. The fourth-order valence-corrected chi connectivity index (χ4v) is 1.91. The van der Waals surface area contributed by atoms with Gasteiger partial charge in [-0.25, -0.2) is 0 Å². The number of benzene rings is 1. The molecule has 1 atom stereocenters. The Morgan fingerprint density at radius 1 is 1.24 bits per heavy atom. The van der Waals surface area contributed by atoms with Crippen LogP contribution >= 0.6 is 0 Å². The molecule has 96 valence electrons. The maximum Gasteiger partial charge on any atom is 0.124 e. The number of hydrogen-bond donors (Lipinski definition) is 1. The van der Waals surface area contributed by atoms with Crippen LogP contribution < -0.4 is 10.5 Å². The van der Waals surface area contributed by atoms with E-state index in [0.717, 1.165) is 24.2 Å². The van der Waals surface area contributed by atoms with Crippen molar-refractivity contribution < 1.29 is 4.74 Å². The van der Waals surface area contributed by atoms with E-state index in [-0.39, 0.29) is 6.04 Å². The average molecular weight is 235 g/mol. The molecule has 0 aliphatic carbocycles. The number of nitrogens with two attached hydrogens (primary N) is 1. The van der Waals surface area contributed by atoms with E-state index >= 15 is 0 Å². The van der Waals surface area contributed by atoms with Crippen molar-refractivity contribution >= 4 is 0 Å². The zero-order valence-corrected chi connectivity index (χ0v) is 11.5. The first-order chi connectivity index (χ1) is 8.04. The molecule has 2 nitrogen and oxygen atoms in total. The normalized spacial score (nSPS) is 12.8. The van der Waals surface area contributed by atoms with Gasteiger partial charge in [0.2, 0.25) is 0 Å². The van der Waals surface area contributed by atoms with Crippen LogP contribution in [0.4, 0.5) is 0 Å². The highest BCUT2D eigenvalue weighted by molar-refractivity contribution is 5.39. The van der Waals surface area contributed by atoms with Crippen molar-refractivity contribution in [1.82, 2.24) is 0 Å². The summed E-state index contributed by atoms with van der Waals surface area (Å²) >= 11 is 0. The molecule has 0 aliphatic rings. The van der Waals surface area contributed by atoms with Gasteiger partial charge in [-0.2, -0.15) is 0 Å². The van der Waals surface area contributed by atoms with Crippen LogP contribution in [0.5, 0.6) is 5.75 Å². The summed E-state index contributed by atoms with van der Waals surface area (Å²) in [7, 11) is 0. The fraction of sp³-hybridized carbons (Fsp3) is 0.600. The van der Waals surface area contributed by atoms with Gasteiger partial charge in [-0.15, -0.1) is 0 Å². The van der Waals surface area contributed by atoms with Gasteiger partial charge in [0.25, 0.3) is 0 Å². The highest BCUT2D eigenvalue weighted by Gasteiger charge is 2.12. The summed E-state index contributed by atoms with van der Waals surface area (Å²) in [4.78, 5) is 0. The van der Waals surface area contributed by atoms with Crippen LogP contribution in [0.2, 0.25) is 0 Å². The van der Waals surface area contributed by atoms with Crippen molar-refractivity contribution in [2.75, 3.05) is 6.61 Å². The second kappa shape index (κ2) is 6.65. The van der Waals surface area contributed by atoms with Crippen molar-refractivity contribution in [1.29, 1.82) is 0 Å². The third-order valence-corrected chi connectivity index (χ3v) is 2.92. The molecule has 0 saturated carbocycles. The van der Waals surface area contributed by atoms with Crippen LogP contribution in [0.1, 0.15) is 50.8 Å². The zero-order chi connectivity index (χ0) is 12.8. The molecule has 2 N–H and O–H groups in total. The van der Waals surface area contributed by atoms with Crippen molar-refractivity contribution in [2.45, 2.75) is 46.6 Å². The lowest BCUT2D eigenvalue weighted by atomic mass is 9.96. The first-order valence-corrected chi connectivity index (χ1v) is 6.53. The minimum atomic E-state index is 0.0823. The monoisotopic (exact) mass is 235 g/mol. The van der Waals surface area contributed by atoms with E-state index in [1.54, 1.807) is 0 Å². The Kier molecular flexibility index (Phi) is 5.49. The SMILES string of the molecule is CCOc1ccc(C)cc1C(N)CCC(C)C. The molecule has 0 saturated heterocycles. The molecular formula is C15H25NO. The van der Waals surface area contributed by atoms with Crippen LogP contribution in [0.3, 0.4) is 0 Å². The Labute approximate surface area is 105 Å². The molecule has 17 heavy (non-hydrogen) atoms. The van der Waals surface area contributed by atoms with Gasteiger partial charge in [0, 0.05) is 11.6 Å². The lowest BCUT2D eigenvalue weighted by Gasteiger charge is -2.18. The summed E-state index contributed by atoms with van der Waals surface area (Å²) < 4.78 is 5.64. The van der Waals surface area contributed by atoms with E-state index in [2.05, 4.69) is 32.9 Å². The van der Waals surface area contributed by atoms with Gasteiger partial charge < -0.3 is 10.5 Å². The van der Waals surface area contributed by atoms with Crippen molar-refractivity contribution in [3.05, 3.63) is 29.3 Å². The second-order valence-corrected chi connectivity index (χ2v) is 5.05. The quantitative estimate of drug-likeness (QED) is 0.813. The first-order valence-electron chi connectivity index (χ1n) is 6.53. The average Bonchev–Trinajstić information content (AvgIpc) is 2.28. The largest absolute Gasteiger partial charge is 0.494 e. The van der Waals surface area contributed by atoms with Gasteiger partial charge in [0.15, 0.2) is 0 Å². The number of aryl methyl sites for hydroxylation is 1. The van der Waals surface area contributed by atoms with Crippen LogP contribution in [-0.4, -0.2) is 6.61 Å². The standard InChI is InChI=1S/C15H25NO/c1-5-17-15-9-7-12(4)10-13(15)14(16)8-6-11(2)3/h7,9-11,14H,5-6,8,16H2,1-4H3. The predicted molar refractivity (Wildman–Crippen MR) is 73.3 cm³/mol. The highest BCUT2D eigenvalue weighted by Crippen LogP contribution is 2.28. The fourth-order valence-electron chi connectivity index (χ4n) is 1.91. The Hall–Kier alpha value is -1.02. The molecule has 1 aromatic carbocycles. The van der Waals surface area contributed by atoms with Gasteiger partial charge in [-0.3, -0.25) is 0 Å². The summed E-state index contributed by atoms with van der Waals surface area (Å²) in [6.07, 6.45) is 2.17.